The second kappa shape index (κ2) is 5.88. The summed E-state index contributed by atoms with van der Waals surface area (Å²) in [5, 5.41) is 0. The van der Waals surface area contributed by atoms with E-state index in [9.17, 15) is 0 Å². The molecular weight excluding hydrogens is 284 g/mol. The summed E-state index contributed by atoms with van der Waals surface area (Å²) in [5.41, 5.74) is 2.08. The molecule has 0 radical (unpaired) electrons. The Morgan fingerprint density at radius 1 is 1.24 bits per heavy atom. The van der Waals surface area contributed by atoms with Gasteiger partial charge in [-0.2, -0.15) is 0 Å². The molecule has 3 nitrogen and oxygen atoms in total. The Balaban J connectivity index is 2.12. The monoisotopic (exact) mass is 306 g/mol. The summed E-state index contributed by atoms with van der Waals surface area (Å²) < 4.78 is 7.81. The lowest BCUT2D eigenvalue weighted by molar-refractivity contribution is 0.222. The Labute approximate surface area is 131 Å². The minimum Gasteiger partial charge on any atom is -0.494 e. The zero-order chi connectivity index (χ0) is 15.0. The van der Waals surface area contributed by atoms with E-state index in [1.54, 1.807) is 7.11 Å². The number of hydrogen-bond acceptors (Lipinski definition) is 2. The van der Waals surface area contributed by atoms with Crippen molar-refractivity contribution in [1.82, 2.24) is 9.55 Å². The van der Waals surface area contributed by atoms with Crippen LogP contribution in [-0.4, -0.2) is 16.7 Å². The van der Waals surface area contributed by atoms with E-state index in [1.165, 1.54) is 19.3 Å². The molecule has 2 atom stereocenters. The van der Waals surface area contributed by atoms with Gasteiger partial charge in [0, 0.05) is 6.04 Å². The molecule has 0 saturated heterocycles. The van der Waals surface area contributed by atoms with Gasteiger partial charge in [0.2, 0.25) is 0 Å². The van der Waals surface area contributed by atoms with Crippen LogP contribution in [0.2, 0.25) is 0 Å². The number of rotatable bonds is 3. The molecular formula is C17H23ClN2O. The fourth-order valence-corrected chi connectivity index (χ4v) is 4.11. The second-order valence-electron chi connectivity index (χ2n) is 6.43. The second-order valence-corrected chi connectivity index (χ2v) is 6.70. The molecule has 1 aromatic heterocycles. The van der Waals surface area contributed by atoms with Crippen LogP contribution in [0, 0.1) is 11.8 Å². The van der Waals surface area contributed by atoms with Crippen molar-refractivity contribution in [3.8, 4) is 5.75 Å². The first-order valence-corrected chi connectivity index (χ1v) is 8.27. The van der Waals surface area contributed by atoms with Crippen molar-refractivity contribution in [3.05, 3.63) is 24.0 Å². The number of hydrogen-bond donors (Lipinski definition) is 0. The first kappa shape index (κ1) is 14.7. The van der Waals surface area contributed by atoms with E-state index in [-0.39, 0.29) is 0 Å². The molecule has 0 N–H and O–H groups in total. The van der Waals surface area contributed by atoms with E-state index in [0.717, 1.165) is 34.4 Å². The van der Waals surface area contributed by atoms with E-state index in [4.69, 9.17) is 21.3 Å². The van der Waals surface area contributed by atoms with Gasteiger partial charge in [-0.15, -0.1) is 11.6 Å². The Bertz CT molecular complexity index is 627. The molecule has 0 aliphatic heterocycles. The van der Waals surface area contributed by atoms with Crippen LogP contribution < -0.4 is 4.74 Å². The zero-order valence-electron chi connectivity index (χ0n) is 13.0. The molecule has 4 heteroatoms. The predicted molar refractivity (Wildman–Crippen MR) is 87.1 cm³/mol. The minimum atomic E-state index is 0.442. The molecule has 21 heavy (non-hydrogen) atoms. The van der Waals surface area contributed by atoms with Gasteiger partial charge in [0.1, 0.15) is 17.1 Å². The number of ether oxygens (including phenoxy) is 1. The van der Waals surface area contributed by atoms with Gasteiger partial charge in [0.05, 0.1) is 18.5 Å². The summed E-state index contributed by atoms with van der Waals surface area (Å²) in [6, 6.07) is 6.62. The summed E-state index contributed by atoms with van der Waals surface area (Å²) in [6.07, 6.45) is 3.73. The van der Waals surface area contributed by atoms with E-state index >= 15 is 0 Å². The number of halogens is 1. The van der Waals surface area contributed by atoms with Crippen LogP contribution in [0.4, 0.5) is 0 Å². The molecule has 3 rings (SSSR count). The van der Waals surface area contributed by atoms with Crippen LogP contribution >= 0.6 is 11.6 Å². The van der Waals surface area contributed by atoms with Crippen molar-refractivity contribution in [3.63, 3.8) is 0 Å². The summed E-state index contributed by atoms with van der Waals surface area (Å²) in [6.45, 7) is 4.70. The first-order valence-electron chi connectivity index (χ1n) is 7.73. The summed E-state index contributed by atoms with van der Waals surface area (Å²) in [5.74, 6) is 3.74. The lowest BCUT2D eigenvalue weighted by Gasteiger charge is -2.33. The minimum absolute atomic E-state index is 0.442. The number of imidazole rings is 1. The van der Waals surface area contributed by atoms with Crippen LogP contribution in [0.3, 0.4) is 0 Å². The van der Waals surface area contributed by atoms with Gasteiger partial charge in [-0.05, 0) is 43.2 Å². The summed E-state index contributed by atoms with van der Waals surface area (Å²) in [4.78, 5) is 4.73. The van der Waals surface area contributed by atoms with E-state index < -0.39 is 0 Å². The van der Waals surface area contributed by atoms with Crippen LogP contribution in [-0.2, 0) is 5.88 Å². The van der Waals surface area contributed by atoms with Gasteiger partial charge < -0.3 is 9.30 Å². The van der Waals surface area contributed by atoms with Gasteiger partial charge in [0.25, 0.3) is 0 Å². The lowest BCUT2D eigenvalue weighted by Crippen LogP contribution is -2.23. The van der Waals surface area contributed by atoms with Gasteiger partial charge in [0.15, 0.2) is 0 Å². The van der Waals surface area contributed by atoms with E-state index in [0.29, 0.717) is 11.9 Å². The number of fused-ring (bicyclic) bond motifs is 1. The third-order valence-electron chi connectivity index (χ3n) is 4.61. The Morgan fingerprint density at radius 3 is 2.57 bits per heavy atom. The number of nitrogens with zero attached hydrogens (tertiary/aromatic N) is 2. The lowest BCUT2D eigenvalue weighted by atomic mass is 9.80. The van der Waals surface area contributed by atoms with Crippen LogP contribution in [0.15, 0.2) is 18.2 Å². The SMILES string of the molecule is COc1cccc2c1nc(CCl)n2C1CC(C)CC(C)C1. The molecule has 114 valence electrons. The number of alkyl halides is 1. The standard InChI is InChI=1S/C17H23ClN2O/c1-11-7-12(2)9-13(8-11)20-14-5-4-6-15(21-3)17(14)19-16(20)10-18/h4-6,11-13H,7-10H2,1-3H3. The number of aromatic nitrogens is 2. The molecule has 1 saturated carbocycles. The highest BCUT2D eigenvalue weighted by atomic mass is 35.5. The Hall–Kier alpha value is -1.22. The van der Waals surface area contributed by atoms with Gasteiger partial charge in [-0.3, -0.25) is 0 Å². The van der Waals surface area contributed by atoms with Crippen molar-refractivity contribution in [2.75, 3.05) is 7.11 Å². The number of methoxy groups -OCH3 is 1. The highest BCUT2D eigenvalue weighted by molar-refractivity contribution is 6.16. The molecule has 1 fully saturated rings. The van der Waals surface area contributed by atoms with E-state index in [1.807, 2.05) is 12.1 Å². The van der Waals surface area contributed by atoms with E-state index in [2.05, 4.69) is 24.5 Å². The van der Waals surface area contributed by atoms with Gasteiger partial charge in [-0.1, -0.05) is 19.9 Å². The van der Waals surface area contributed by atoms with Crippen molar-refractivity contribution in [2.24, 2.45) is 11.8 Å². The largest absolute Gasteiger partial charge is 0.494 e. The normalized spacial score (nSPS) is 26.2. The maximum Gasteiger partial charge on any atom is 0.146 e. The molecule has 1 heterocycles. The molecule has 1 aliphatic carbocycles. The quantitative estimate of drug-likeness (QED) is 0.763. The van der Waals surface area contributed by atoms with Crippen molar-refractivity contribution >= 4 is 22.6 Å². The smallest absolute Gasteiger partial charge is 0.146 e. The molecule has 0 bridgehead atoms. The Morgan fingerprint density at radius 2 is 1.95 bits per heavy atom. The highest BCUT2D eigenvalue weighted by Gasteiger charge is 2.28. The summed E-state index contributed by atoms with van der Waals surface area (Å²) in [7, 11) is 1.69. The van der Waals surface area contributed by atoms with Crippen LogP contribution in [0.25, 0.3) is 11.0 Å². The Kier molecular flexibility index (Phi) is 4.12. The molecule has 2 aromatic rings. The molecule has 0 amide bonds. The predicted octanol–water partition coefficient (Wildman–Crippen LogP) is 4.78. The van der Waals surface area contributed by atoms with Gasteiger partial charge in [-0.25, -0.2) is 4.98 Å². The zero-order valence-corrected chi connectivity index (χ0v) is 13.7. The maximum absolute atomic E-state index is 6.17. The molecule has 1 aromatic carbocycles. The molecule has 1 aliphatic rings. The van der Waals surface area contributed by atoms with Crippen molar-refractivity contribution in [1.29, 1.82) is 0 Å². The topological polar surface area (TPSA) is 27.1 Å². The third-order valence-corrected chi connectivity index (χ3v) is 4.85. The van der Waals surface area contributed by atoms with Crippen molar-refractivity contribution < 1.29 is 4.74 Å². The highest BCUT2D eigenvalue weighted by Crippen LogP contribution is 2.39. The fourth-order valence-electron chi connectivity index (χ4n) is 3.92. The number of benzene rings is 1. The molecule has 0 spiro atoms. The number of para-hydroxylation sites is 1. The maximum atomic E-state index is 6.17. The molecule has 2 unspecified atom stereocenters. The average Bonchev–Trinajstić information content (AvgIpc) is 2.84. The average molecular weight is 307 g/mol. The fraction of sp³-hybridized carbons (Fsp3) is 0.588. The van der Waals surface area contributed by atoms with Crippen molar-refractivity contribution in [2.45, 2.75) is 45.0 Å². The van der Waals surface area contributed by atoms with Crippen LogP contribution in [0.1, 0.15) is 45.0 Å². The van der Waals surface area contributed by atoms with Gasteiger partial charge >= 0.3 is 0 Å². The third kappa shape index (κ3) is 2.64. The first-order chi connectivity index (χ1) is 10.1. The summed E-state index contributed by atoms with van der Waals surface area (Å²) >= 11 is 6.17. The van der Waals surface area contributed by atoms with Crippen LogP contribution in [0.5, 0.6) is 5.75 Å².